The van der Waals surface area contributed by atoms with Gasteiger partial charge >= 0.3 is 0 Å². The number of fused-ring (bicyclic) bond motifs is 1. The number of nitrogens with one attached hydrogen (secondary N) is 1. The number of benzene rings is 1. The maximum Gasteiger partial charge on any atom is 0.257 e. The minimum atomic E-state index is -3.19. The summed E-state index contributed by atoms with van der Waals surface area (Å²) >= 11 is 0. The summed E-state index contributed by atoms with van der Waals surface area (Å²) in [4.78, 5) is 27.4. The minimum Gasteiger partial charge on any atom is -0.483 e. The summed E-state index contributed by atoms with van der Waals surface area (Å²) in [7, 11) is -3.19. The number of aliphatic hydroxyl groups is 2. The van der Waals surface area contributed by atoms with Gasteiger partial charge < -0.3 is 25.2 Å². The van der Waals surface area contributed by atoms with Crippen LogP contribution in [0.15, 0.2) is 24.3 Å². The summed E-state index contributed by atoms with van der Waals surface area (Å²) in [5.41, 5.74) is 0.297. The fourth-order valence-electron chi connectivity index (χ4n) is 5.74. The molecule has 11 heteroatoms. The fourth-order valence-corrected chi connectivity index (χ4v) is 6.61. The largest absolute Gasteiger partial charge is 0.483 e. The molecule has 3 aliphatic rings. The Labute approximate surface area is 219 Å². The normalized spacial score (nSPS) is 26.4. The van der Waals surface area contributed by atoms with Crippen LogP contribution >= 0.6 is 0 Å². The van der Waals surface area contributed by atoms with Gasteiger partial charge in [-0.25, -0.2) is 12.7 Å². The summed E-state index contributed by atoms with van der Waals surface area (Å²) in [6.07, 6.45) is 2.77. The standard InChI is InChI=1S/C26H39N3O7S/c1-37(34,35)29-10-6-19(7-11-29)14-25(33)28-12-8-26(9-13-28)16-22(31)21(30)15-20-4-2-3-5-23(20)36-17-24(32)27-18-26/h2-5,19,21-22,30-31H,6-18H2,1H3,(H,27,32)/t21-,22+/m0/s1. The van der Waals surface area contributed by atoms with Gasteiger partial charge in [0.1, 0.15) is 5.75 Å². The summed E-state index contributed by atoms with van der Waals surface area (Å²) in [6.45, 7) is 2.14. The van der Waals surface area contributed by atoms with Gasteiger partial charge in [0.15, 0.2) is 6.61 Å². The number of nitrogens with zero attached hydrogens (tertiary/aromatic N) is 2. The van der Waals surface area contributed by atoms with Crippen molar-refractivity contribution in [2.45, 2.75) is 57.2 Å². The lowest BCUT2D eigenvalue weighted by Crippen LogP contribution is -2.51. The Balaban J connectivity index is 1.35. The molecule has 37 heavy (non-hydrogen) atoms. The molecule has 1 spiro atoms. The van der Waals surface area contributed by atoms with Gasteiger partial charge in [-0.15, -0.1) is 0 Å². The second kappa shape index (κ2) is 11.7. The summed E-state index contributed by atoms with van der Waals surface area (Å²) in [5.74, 6) is 0.508. The predicted molar refractivity (Wildman–Crippen MR) is 137 cm³/mol. The van der Waals surface area contributed by atoms with E-state index in [4.69, 9.17) is 4.74 Å². The number of hydrogen-bond acceptors (Lipinski definition) is 7. The molecule has 0 unspecified atom stereocenters. The number of likely N-dealkylation sites (tertiary alicyclic amines) is 1. The molecular formula is C26H39N3O7S. The Hall–Kier alpha value is -2.21. The van der Waals surface area contributed by atoms with Crippen LogP contribution in [0.5, 0.6) is 5.75 Å². The zero-order valence-electron chi connectivity index (χ0n) is 21.5. The summed E-state index contributed by atoms with van der Waals surface area (Å²) < 4.78 is 30.6. The quantitative estimate of drug-likeness (QED) is 0.511. The first kappa shape index (κ1) is 27.8. The average Bonchev–Trinajstić information content (AvgIpc) is 2.86. The van der Waals surface area contributed by atoms with Gasteiger partial charge in [-0.2, -0.15) is 0 Å². The van der Waals surface area contributed by atoms with Crippen LogP contribution in [0.25, 0.3) is 0 Å². The third-order valence-corrected chi connectivity index (χ3v) is 9.49. The first-order valence-electron chi connectivity index (χ1n) is 13.1. The van der Waals surface area contributed by atoms with E-state index in [1.54, 1.807) is 12.1 Å². The summed E-state index contributed by atoms with van der Waals surface area (Å²) in [6, 6.07) is 7.20. The van der Waals surface area contributed by atoms with Crippen LogP contribution in [0.3, 0.4) is 0 Å². The van der Waals surface area contributed by atoms with Gasteiger partial charge in [0.25, 0.3) is 5.91 Å². The van der Waals surface area contributed by atoms with Crippen LogP contribution < -0.4 is 10.1 Å². The van der Waals surface area contributed by atoms with Gasteiger partial charge in [-0.05, 0) is 55.1 Å². The highest BCUT2D eigenvalue weighted by molar-refractivity contribution is 7.88. The van der Waals surface area contributed by atoms with Crippen LogP contribution in [-0.2, 0) is 26.0 Å². The predicted octanol–water partition coefficient (Wildman–Crippen LogP) is 0.520. The van der Waals surface area contributed by atoms with Gasteiger partial charge in [-0.1, -0.05) is 18.2 Å². The molecular weight excluding hydrogens is 498 g/mol. The molecule has 2 amide bonds. The van der Waals surface area contributed by atoms with Gasteiger partial charge in [0.2, 0.25) is 15.9 Å². The Bertz CT molecular complexity index is 1060. The van der Waals surface area contributed by atoms with E-state index < -0.39 is 27.6 Å². The van der Waals surface area contributed by atoms with Gasteiger partial charge in [-0.3, -0.25) is 9.59 Å². The average molecular weight is 538 g/mol. The van der Waals surface area contributed by atoms with Crippen molar-refractivity contribution in [3.8, 4) is 5.75 Å². The first-order chi connectivity index (χ1) is 17.5. The number of amides is 2. The van der Waals surface area contributed by atoms with Crippen molar-refractivity contribution in [1.82, 2.24) is 14.5 Å². The lowest BCUT2D eigenvalue weighted by atomic mass is 9.72. The van der Waals surface area contributed by atoms with Crippen LogP contribution in [0.2, 0.25) is 0 Å². The molecule has 0 aliphatic carbocycles. The third-order valence-electron chi connectivity index (χ3n) is 8.19. The SMILES string of the molecule is CS(=O)(=O)N1CCC(CC(=O)N2CCC3(CC2)CNC(=O)COc2ccccc2C[C@H](O)[C@H](O)C3)CC1. The number of aliphatic hydroxyl groups excluding tert-OH is 2. The van der Waals surface area contributed by atoms with Crippen molar-refractivity contribution in [2.75, 3.05) is 45.6 Å². The van der Waals surface area contributed by atoms with E-state index in [0.717, 1.165) is 5.56 Å². The maximum atomic E-state index is 13.0. The molecule has 2 fully saturated rings. The van der Waals surface area contributed by atoms with Crippen molar-refractivity contribution in [3.63, 3.8) is 0 Å². The van der Waals surface area contributed by atoms with Crippen molar-refractivity contribution in [3.05, 3.63) is 29.8 Å². The second-order valence-electron chi connectivity index (χ2n) is 10.9. The van der Waals surface area contributed by atoms with Crippen LogP contribution in [0.4, 0.5) is 0 Å². The molecule has 2 atom stereocenters. The van der Waals surface area contributed by atoms with E-state index in [-0.39, 0.29) is 30.8 Å². The monoisotopic (exact) mass is 537 g/mol. The molecule has 1 aromatic carbocycles. The molecule has 1 aromatic rings. The second-order valence-corrected chi connectivity index (χ2v) is 12.9. The smallest absolute Gasteiger partial charge is 0.257 e. The highest BCUT2D eigenvalue weighted by Gasteiger charge is 2.40. The number of carbonyl (C=O) groups excluding carboxylic acids is 2. The molecule has 3 aliphatic heterocycles. The lowest BCUT2D eigenvalue weighted by Gasteiger charge is -2.44. The van der Waals surface area contributed by atoms with Crippen molar-refractivity contribution >= 4 is 21.8 Å². The van der Waals surface area contributed by atoms with Gasteiger partial charge in [0, 0.05) is 45.6 Å². The number of hydrogen-bond donors (Lipinski definition) is 3. The number of sulfonamides is 1. The molecule has 206 valence electrons. The van der Waals surface area contributed by atoms with Crippen LogP contribution in [0.1, 0.15) is 44.1 Å². The van der Waals surface area contributed by atoms with Gasteiger partial charge in [0.05, 0.1) is 18.5 Å². The Morgan fingerprint density at radius 1 is 1.11 bits per heavy atom. The number of para-hydroxylation sites is 1. The van der Waals surface area contributed by atoms with Crippen molar-refractivity contribution in [1.29, 1.82) is 0 Å². The topological polar surface area (TPSA) is 136 Å². The van der Waals surface area contributed by atoms with E-state index in [1.165, 1.54) is 10.6 Å². The molecule has 0 radical (unpaired) electrons. The minimum absolute atomic E-state index is 0.0652. The molecule has 2 saturated heterocycles. The van der Waals surface area contributed by atoms with Crippen molar-refractivity contribution < 1.29 is 33.0 Å². The van der Waals surface area contributed by atoms with E-state index in [1.807, 2.05) is 17.0 Å². The Kier molecular flexibility index (Phi) is 8.77. The first-order valence-corrected chi connectivity index (χ1v) is 15.0. The van der Waals surface area contributed by atoms with E-state index in [2.05, 4.69) is 5.32 Å². The molecule has 0 aromatic heterocycles. The van der Waals surface area contributed by atoms with Crippen LogP contribution in [-0.4, -0.2) is 97.4 Å². The van der Waals surface area contributed by atoms with Crippen LogP contribution in [0, 0.1) is 11.3 Å². The lowest BCUT2D eigenvalue weighted by molar-refractivity contribution is -0.136. The molecule has 3 N–H and O–H groups in total. The number of piperidine rings is 2. The zero-order valence-corrected chi connectivity index (χ0v) is 22.3. The third kappa shape index (κ3) is 7.22. The highest BCUT2D eigenvalue weighted by atomic mass is 32.2. The van der Waals surface area contributed by atoms with E-state index >= 15 is 0 Å². The molecule has 0 saturated carbocycles. The fraction of sp³-hybridized carbons (Fsp3) is 0.692. The van der Waals surface area contributed by atoms with E-state index in [9.17, 15) is 28.2 Å². The molecule has 4 rings (SSSR count). The van der Waals surface area contributed by atoms with Crippen molar-refractivity contribution in [2.24, 2.45) is 11.3 Å². The number of rotatable bonds is 3. The zero-order chi connectivity index (χ0) is 26.6. The van der Waals surface area contributed by atoms with E-state index in [0.29, 0.717) is 77.0 Å². The maximum absolute atomic E-state index is 13.0. The Morgan fingerprint density at radius 2 is 1.78 bits per heavy atom. The highest BCUT2D eigenvalue weighted by Crippen LogP contribution is 2.38. The number of carbonyl (C=O) groups is 2. The number of ether oxygens (including phenoxy) is 1. The molecule has 0 bridgehead atoms. The molecule has 10 nitrogen and oxygen atoms in total. The Morgan fingerprint density at radius 3 is 2.46 bits per heavy atom. The summed E-state index contributed by atoms with van der Waals surface area (Å²) in [5, 5.41) is 24.6. The molecule has 3 heterocycles.